The number of carbonyl (C=O) groups excluding carboxylic acids is 2. The zero-order chi connectivity index (χ0) is 18.4. The first-order chi connectivity index (χ1) is 13.2. The SMILES string of the molecule is O=C1CCCN1Cc1ccccc1CNC(=O)N1[C@@H]2CC[C@H]1[C@H]1CNC[C@H]12. The first-order valence-electron chi connectivity index (χ1n) is 10.3. The number of amides is 3. The molecule has 2 bridgehead atoms. The largest absolute Gasteiger partial charge is 0.338 e. The van der Waals surface area contributed by atoms with Gasteiger partial charge in [0.2, 0.25) is 5.91 Å². The number of urea groups is 1. The molecule has 4 fully saturated rings. The molecule has 4 aliphatic heterocycles. The summed E-state index contributed by atoms with van der Waals surface area (Å²) in [5.41, 5.74) is 2.25. The van der Waals surface area contributed by atoms with Gasteiger partial charge in [0.1, 0.15) is 0 Å². The zero-order valence-electron chi connectivity index (χ0n) is 15.7. The van der Waals surface area contributed by atoms with E-state index in [0.717, 1.165) is 50.0 Å². The summed E-state index contributed by atoms with van der Waals surface area (Å²) in [5.74, 6) is 1.52. The van der Waals surface area contributed by atoms with E-state index in [0.29, 0.717) is 43.4 Å². The Morgan fingerprint density at radius 3 is 2.48 bits per heavy atom. The van der Waals surface area contributed by atoms with Gasteiger partial charge in [-0.3, -0.25) is 4.79 Å². The van der Waals surface area contributed by atoms with Crippen LogP contribution in [0.3, 0.4) is 0 Å². The standard InChI is InChI=1S/C21H28N4O2/c26-20-6-3-9-24(20)13-15-5-2-1-4-14(15)10-23-21(27)25-18-7-8-19(25)17-12-22-11-16(17)18/h1-2,4-5,16-19,22H,3,6-13H2,(H,23,27)/t16-,17+,18-,19+. The van der Waals surface area contributed by atoms with E-state index < -0.39 is 0 Å². The van der Waals surface area contributed by atoms with Crippen LogP contribution < -0.4 is 10.6 Å². The maximum absolute atomic E-state index is 12.9. The van der Waals surface area contributed by atoms with Crippen molar-refractivity contribution < 1.29 is 9.59 Å². The van der Waals surface area contributed by atoms with Gasteiger partial charge in [0, 0.05) is 51.2 Å². The number of carbonyl (C=O) groups is 2. The van der Waals surface area contributed by atoms with Crippen LogP contribution in [0.4, 0.5) is 4.79 Å². The van der Waals surface area contributed by atoms with Gasteiger partial charge in [0.25, 0.3) is 0 Å². The van der Waals surface area contributed by atoms with Crippen LogP contribution in [0.5, 0.6) is 0 Å². The lowest BCUT2D eigenvalue weighted by molar-refractivity contribution is -0.128. The third kappa shape index (κ3) is 2.90. The van der Waals surface area contributed by atoms with Crippen LogP contribution in [0.15, 0.2) is 24.3 Å². The van der Waals surface area contributed by atoms with Crippen molar-refractivity contribution in [2.75, 3.05) is 19.6 Å². The molecule has 2 N–H and O–H groups in total. The molecule has 4 aliphatic rings. The normalized spacial score (nSPS) is 31.6. The van der Waals surface area contributed by atoms with Gasteiger partial charge in [0.05, 0.1) is 0 Å². The Labute approximate surface area is 160 Å². The molecule has 4 saturated heterocycles. The van der Waals surface area contributed by atoms with Crippen LogP contribution in [-0.4, -0.2) is 53.5 Å². The molecule has 4 heterocycles. The van der Waals surface area contributed by atoms with Gasteiger partial charge in [-0.05, 0) is 42.2 Å². The fraction of sp³-hybridized carbons (Fsp3) is 0.619. The molecule has 0 aliphatic carbocycles. The molecule has 144 valence electrons. The number of likely N-dealkylation sites (tertiary alicyclic amines) is 1. The molecular formula is C21H28N4O2. The number of nitrogens with one attached hydrogen (secondary N) is 2. The highest BCUT2D eigenvalue weighted by Crippen LogP contribution is 2.47. The fourth-order valence-corrected chi connectivity index (χ4v) is 5.79. The first kappa shape index (κ1) is 17.0. The summed E-state index contributed by atoms with van der Waals surface area (Å²) >= 11 is 0. The Balaban J connectivity index is 1.24. The highest BCUT2D eigenvalue weighted by Gasteiger charge is 2.56. The minimum Gasteiger partial charge on any atom is -0.338 e. The van der Waals surface area contributed by atoms with Crippen molar-refractivity contribution in [3.8, 4) is 0 Å². The molecule has 27 heavy (non-hydrogen) atoms. The van der Waals surface area contributed by atoms with Crippen LogP contribution in [0.2, 0.25) is 0 Å². The average molecular weight is 368 g/mol. The molecule has 0 radical (unpaired) electrons. The third-order valence-corrected chi connectivity index (χ3v) is 7.09. The van der Waals surface area contributed by atoms with Crippen molar-refractivity contribution in [1.29, 1.82) is 0 Å². The summed E-state index contributed by atoms with van der Waals surface area (Å²) in [7, 11) is 0. The second-order valence-electron chi connectivity index (χ2n) is 8.45. The van der Waals surface area contributed by atoms with Gasteiger partial charge in [-0.1, -0.05) is 24.3 Å². The molecule has 1 aromatic carbocycles. The summed E-state index contributed by atoms with van der Waals surface area (Å²) in [6, 6.07) is 9.06. The minimum atomic E-state index is 0.0870. The lowest BCUT2D eigenvalue weighted by Gasteiger charge is -2.25. The summed E-state index contributed by atoms with van der Waals surface area (Å²) in [4.78, 5) is 29.0. The van der Waals surface area contributed by atoms with Gasteiger partial charge >= 0.3 is 6.03 Å². The Hall–Kier alpha value is -2.08. The first-order valence-corrected chi connectivity index (χ1v) is 10.3. The Kier molecular flexibility index (Phi) is 4.31. The van der Waals surface area contributed by atoms with E-state index in [9.17, 15) is 9.59 Å². The summed E-state index contributed by atoms with van der Waals surface area (Å²) in [5, 5.41) is 6.67. The number of nitrogens with zero attached hydrogens (tertiary/aromatic N) is 2. The lowest BCUT2D eigenvalue weighted by Crippen LogP contribution is -2.45. The number of benzene rings is 1. The molecule has 1 aromatic rings. The second-order valence-corrected chi connectivity index (χ2v) is 8.45. The molecular weight excluding hydrogens is 340 g/mol. The van der Waals surface area contributed by atoms with E-state index in [1.165, 1.54) is 0 Å². The molecule has 0 unspecified atom stereocenters. The number of hydrogen-bond acceptors (Lipinski definition) is 3. The highest BCUT2D eigenvalue weighted by atomic mass is 16.2. The Morgan fingerprint density at radius 2 is 1.81 bits per heavy atom. The fourth-order valence-electron chi connectivity index (χ4n) is 5.79. The maximum Gasteiger partial charge on any atom is 0.318 e. The number of hydrogen-bond donors (Lipinski definition) is 2. The van der Waals surface area contributed by atoms with Crippen LogP contribution in [0.1, 0.15) is 36.8 Å². The number of fused-ring (bicyclic) bond motifs is 5. The van der Waals surface area contributed by atoms with Gasteiger partial charge in [-0.15, -0.1) is 0 Å². The molecule has 0 saturated carbocycles. The molecule has 3 amide bonds. The van der Waals surface area contributed by atoms with Crippen LogP contribution in [0.25, 0.3) is 0 Å². The molecule has 0 aromatic heterocycles. The van der Waals surface area contributed by atoms with E-state index in [-0.39, 0.29) is 11.9 Å². The van der Waals surface area contributed by atoms with E-state index in [2.05, 4.69) is 27.7 Å². The highest BCUT2D eigenvalue weighted by molar-refractivity contribution is 5.78. The molecule has 5 rings (SSSR count). The smallest absolute Gasteiger partial charge is 0.318 e. The van der Waals surface area contributed by atoms with Crippen molar-refractivity contribution in [2.24, 2.45) is 11.8 Å². The van der Waals surface area contributed by atoms with Gasteiger partial charge in [-0.2, -0.15) is 0 Å². The van der Waals surface area contributed by atoms with Crippen molar-refractivity contribution in [3.63, 3.8) is 0 Å². The van der Waals surface area contributed by atoms with Crippen LogP contribution >= 0.6 is 0 Å². The van der Waals surface area contributed by atoms with E-state index >= 15 is 0 Å². The summed E-state index contributed by atoms with van der Waals surface area (Å²) in [6.07, 6.45) is 3.91. The van der Waals surface area contributed by atoms with Crippen LogP contribution in [-0.2, 0) is 17.9 Å². The summed E-state index contributed by atoms with van der Waals surface area (Å²) < 4.78 is 0. The predicted molar refractivity (Wildman–Crippen MR) is 102 cm³/mol. The van der Waals surface area contributed by atoms with Crippen LogP contribution in [0, 0.1) is 11.8 Å². The second kappa shape index (κ2) is 6.82. The van der Waals surface area contributed by atoms with E-state index in [1.807, 2.05) is 17.0 Å². The molecule has 6 heteroatoms. The lowest BCUT2D eigenvalue weighted by atomic mass is 9.82. The predicted octanol–water partition coefficient (Wildman–Crippen LogP) is 1.70. The van der Waals surface area contributed by atoms with Crippen molar-refractivity contribution in [2.45, 2.75) is 50.9 Å². The number of rotatable bonds is 4. The summed E-state index contributed by atoms with van der Waals surface area (Å²) in [6.45, 7) is 4.13. The monoisotopic (exact) mass is 368 g/mol. The van der Waals surface area contributed by atoms with Crippen molar-refractivity contribution >= 4 is 11.9 Å². The zero-order valence-corrected chi connectivity index (χ0v) is 15.7. The van der Waals surface area contributed by atoms with Crippen molar-refractivity contribution in [3.05, 3.63) is 35.4 Å². The molecule has 6 nitrogen and oxygen atoms in total. The maximum atomic E-state index is 12.9. The Bertz CT molecular complexity index is 733. The topological polar surface area (TPSA) is 64.7 Å². The quantitative estimate of drug-likeness (QED) is 0.850. The third-order valence-electron chi connectivity index (χ3n) is 7.09. The van der Waals surface area contributed by atoms with E-state index in [4.69, 9.17) is 0 Å². The average Bonchev–Trinajstić information content (AvgIpc) is 3.43. The van der Waals surface area contributed by atoms with Crippen molar-refractivity contribution in [1.82, 2.24) is 20.4 Å². The van der Waals surface area contributed by atoms with Gasteiger partial charge in [0.15, 0.2) is 0 Å². The van der Waals surface area contributed by atoms with Gasteiger partial charge in [-0.25, -0.2) is 4.79 Å². The molecule has 4 atom stereocenters. The van der Waals surface area contributed by atoms with Gasteiger partial charge < -0.3 is 20.4 Å². The minimum absolute atomic E-state index is 0.0870. The molecule has 0 spiro atoms. The Morgan fingerprint density at radius 1 is 1.11 bits per heavy atom. The van der Waals surface area contributed by atoms with E-state index in [1.54, 1.807) is 0 Å².